The molecular weight excluding hydrogens is 300 g/mol. The van der Waals surface area contributed by atoms with Crippen molar-refractivity contribution in [3.05, 3.63) is 48.0 Å². The Morgan fingerprint density at radius 3 is 2.67 bits per heavy atom. The number of carbonyl (C=O) groups is 2. The predicted octanol–water partition coefficient (Wildman–Crippen LogP) is 2.97. The molecule has 0 heterocycles. The number of benzene rings is 2. The summed E-state index contributed by atoms with van der Waals surface area (Å²) in [6.07, 6.45) is 1.22. The molecule has 0 unspecified atom stereocenters. The molecule has 2 N–H and O–H groups in total. The Hall–Kier alpha value is -2.36. The lowest BCUT2D eigenvalue weighted by Gasteiger charge is -2.09. The zero-order valence-corrected chi connectivity index (χ0v) is 14.2. The fraction of sp³-hybridized carbons (Fsp3) is 0.400. The van der Waals surface area contributed by atoms with Crippen molar-refractivity contribution in [2.75, 3.05) is 6.54 Å². The molecule has 24 heavy (non-hydrogen) atoms. The van der Waals surface area contributed by atoms with Crippen LogP contribution in [-0.4, -0.2) is 24.4 Å². The van der Waals surface area contributed by atoms with Gasteiger partial charge in [0.25, 0.3) is 0 Å². The lowest BCUT2D eigenvalue weighted by molar-refractivity contribution is -0.123. The second-order valence-electron chi connectivity index (χ2n) is 6.78. The molecular formula is C20H24N2O2. The van der Waals surface area contributed by atoms with Gasteiger partial charge >= 0.3 is 0 Å². The summed E-state index contributed by atoms with van der Waals surface area (Å²) < 4.78 is 0. The number of rotatable bonds is 6. The minimum atomic E-state index is -0.0216. The standard InChI is InChI=1S/C20H24N2O2/c1-13(2)22-19(23)10-11-21-20(24)18-12-17(18)16-9-5-7-14-6-3-4-8-15(14)16/h3-9,13,17-18H,10-12H2,1-2H3,(H,21,24)(H,22,23)/t17-,18+/m0/s1. The molecule has 0 aromatic heterocycles. The van der Waals surface area contributed by atoms with E-state index in [0.29, 0.717) is 18.9 Å². The topological polar surface area (TPSA) is 58.2 Å². The SMILES string of the molecule is CC(C)NC(=O)CCNC(=O)[C@@H]1C[C@H]1c1cccc2ccccc12. The first-order valence-corrected chi connectivity index (χ1v) is 8.61. The van der Waals surface area contributed by atoms with E-state index >= 15 is 0 Å². The average molecular weight is 324 g/mol. The van der Waals surface area contributed by atoms with Crippen LogP contribution in [-0.2, 0) is 9.59 Å². The van der Waals surface area contributed by atoms with Crippen LogP contribution in [0.15, 0.2) is 42.5 Å². The highest BCUT2D eigenvalue weighted by Crippen LogP contribution is 2.49. The molecule has 0 saturated heterocycles. The fourth-order valence-corrected chi connectivity index (χ4v) is 3.23. The summed E-state index contributed by atoms with van der Waals surface area (Å²) in [7, 11) is 0. The minimum Gasteiger partial charge on any atom is -0.355 e. The molecule has 1 saturated carbocycles. The summed E-state index contributed by atoms with van der Waals surface area (Å²) in [6.45, 7) is 4.25. The van der Waals surface area contributed by atoms with Gasteiger partial charge in [0.1, 0.15) is 0 Å². The van der Waals surface area contributed by atoms with Gasteiger partial charge in [0.2, 0.25) is 11.8 Å². The Morgan fingerprint density at radius 1 is 1.12 bits per heavy atom. The molecule has 1 aliphatic carbocycles. The average Bonchev–Trinajstić information content (AvgIpc) is 3.34. The van der Waals surface area contributed by atoms with Crippen LogP contribution < -0.4 is 10.6 Å². The Balaban J connectivity index is 1.55. The van der Waals surface area contributed by atoms with Crippen molar-refractivity contribution in [2.24, 2.45) is 5.92 Å². The van der Waals surface area contributed by atoms with Crippen molar-refractivity contribution in [3.8, 4) is 0 Å². The van der Waals surface area contributed by atoms with Crippen molar-refractivity contribution in [3.63, 3.8) is 0 Å². The van der Waals surface area contributed by atoms with Crippen molar-refractivity contribution in [1.82, 2.24) is 10.6 Å². The van der Waals surface area contributed by atoms with Crippen LogP contribution >= 0.6 is 0 Å². The van der Waals surface area contributed by atoms with Gasteiger partial charge < -0.3 is 10.6 Å². The first-order chi connectivity index (χ1) is 11.6. The Bertz CT molecular complexity index is 749. The summed E-state index contributed by atoms with van der Waals surface area (Å²) in [5, 5.41) is 8.17. The summed E-state index contributed by atoms with van der Waals surface area (Å²) in [5.74, 6) is 0.363. The van der Waals surface area contributed by atoms with Crippen LogP contribution in [0, 0.1) is 5.92 Å². The maximum Gasteiger partial charge on any atom is 0.223 e. The maximum atomic E-state index is 12.3. The number of hydrogen-bond acceptors (Lipinski definition) is 2. The summed E-state index contributed by atoms with van der Waals surface area (Å²) in [6, 6.07) is 14.7. The van der Waals surface area contributed by atoms with Gasteiger partial charge in [-0.3, -0.25) is 9.59 Å². The number of fused-ring (bicyclic) bond motifs is 1. The number of carbonyl (C=O) groups excluding carboxylic acids is 2. The van der Waals surface area contributed by atoms with Crippen LogP contribution in [0.3, 0.4) is 0 Å². The Morgan fingerprint density at radius 2 is 1.88 bits per heavy atom. The zero-order valence-electron chi connectivity index (χ0n) is 14.2. The van der Waals surface area contributed by atoms with Gasteiger partial charge in [0.05, 0.1) is 0 Å². The molecule has 2 amide bonds. The third-order valence-corrected chi connectivity index (χ3v) is 4.45. The maximum absolute atomic E-state index is 12.3. The smallest absolute Gasteiger partial charge is 0.223 e. The Kier molecular flexibility index (Phi) is 4.84. The van der Waals surface area contributed by atoms with E-state index in [-0.39, 0.29) is 23.8 Å². The molecule has 4 nitrogen and oxygen atoms in total. The Labute approximate surface area is 142 Å². The molecule has 0 radical (unpaired) electrons. The predicted molar refractivity (Wildman–Crippen MR) is 95.7 cm³/mol. The summed E-state index contributed by atoms with van der Waals surface area (Å²) in [5.41, 5.74) is 1.26. The van der Waals surface area contributed by atoms with E-state index in [2.05, 4.69) is 41.0 Å². The molecule has 4 heteroatoms. The van der Waals surface area contributed by atoms with Gasteiger partial charge in [-0.1, -0.05) is 42.5 Å². The van der Waals surface area contributed by atoms with Gasteiger partial charge in [0, 0.05) is 24.9 Å². The second kappa shape index (κ2) is 7.04. The van der Waals surface area contributed by atoms with Gasteiger partial charge in [-0.05, 0) is 42.5 Å². The van der Waals surface area contributed by atoms with Crippen molar-refractivity contribution in [1.29, 1.82) is 0 Å². The largest absolute Gasteiger partial charge is 0.355 e. The highest BCUT2D eigenvalue weighted by molar-refractivity contribution is 5.89. The molecule has 126 valence electrons. The van der Waals surface area contributed by atoms with Gasteiger partial charge in [0.15, 0.2) is 0 Å². The van der Waals surface area contributed by atoms with Crippen molar-refractivity contribution < 1.29 is 9.59 Å². The monoisotopic (exact) mass is 324 g/mol. The van der Waals surface area contributed by atoms with Crippen LogP contribution in [0.25, 0.3) is 10.8 Å². The summed E-state index contributed by atoms with van der Waals surface area (Å²) >= 11 is 0. The van der Waals surface area contributed by atoms with Crippen LogP contribution in [0.1, 0.15) is 38.2 Å². The molecule has 1 fully saturated rings. The quantitative estimate of drug-likeness (QED) is 0.858. The first kappa shape index (κ1) is 16.5. The van der Waals surface area contributed by atoms with E-state index in [0.717, 1.165) is 6.42 Å². The normalized spacial score (nSPS) is 19.3. The highest BCUT2D eigenvalue weighted by atomic mass is 16.2. The molecule has 0 aliphatic heterocycles. The lowest BCUT2D eigenvalue weighted by Crippen LogP contribution is -2.34. The lowest BCUT2D eigenvalue weighted by atomic mass is 10.00. The third kappa shape index (κ3) is 3.75. The molecule has 0 bridgehead atoms. The van der Waals surface area contributed by atoms with E-state index in [1.807, 2.05) is 26.0 Å². The van der Waals surface area contributed by atoms with Crippen LogP contribution in [0.4, 0.5) is 0 Å². The molecule has 1 aliphatic rings. The minimum absolute atomic E-state index is 0.0216. The zero-order chi connectivity index (χ0) is 17.1. The number of hydrogen-bond donors (Lipinski definition) is 2. The first-order valence-electron chi connectivity index (χ1n) is 8.61. The number of nitrogens with one attached hydrogen (secondary N) is 2. The van der Waals surface area contributed by atoms with Gasteiger partial charge in [-0.15, -0.1) is 0 Å². The van der Waals surface area contributed by atoms with Gasteiger partial charge in [-0.2, -0.15) is 0 Å². The van der Waals surface area contributed by atoms with E-state index in [9.17, 15) is 9.59 Å². The summed E-state index contributed by atoms with van der Waals surface area (Å²) in [4.78, 5) is 23.9. The van der Waals surface area contributed by atoms with E-state index in [1.165, 1.54) is 16.3 Å². The van der Waals surface area contributed by atoms with Crippen molar-refractivity contribution in [2.45, 2.75) is 38.6 Å². The molecule has 2 aromatic rings. The molecule has 2 atom stereocenters. The third-order valence-electron chi connectivity index (χ3n) is 4.45. The van der Waals surface area contributed by atoms with Crippen LogP contribution in [0.5, 0.6) is 0 Å². The number of amides is 2. The van der Waals surface area contributed by atoms with Crippen molar-refractivity contribution >= 4 is 22.6 Å². The van der Waals surface area contributed by atoms with E-state index < -0.39 is 0 Å². The molecule has 3 rings (SSSR count). The fourth-order valence-electron chi connectivity index (χ4n) is 3.23. The van der Waals surface area contributed by atoms with Gasteiger partial charge in [-0.25, -0.2) is 0 Å². The molecule has 2 aromatic carbocycles. The second-order valence-corrected chi connectivity index (χ2v) is 6.78. The highest BCUT2D eigenvalue weighted by Gasteiger charge is 2.44. The van der Waals surface area contributed by atoms with E-state index in [4.69, 9.17) is 0 Å². The van der Waals surface area contributed by atoms with Crippen LogP contribution in [0.2, 0.25) is 0 Å². The van der Waals surface area contributed by atoms with E-state index in [1.54, 1.807) is 0 Å². The molecule has 0 spiro atoms.